The Morgan fingerprint density at radius 3 is 2.80 bits per heavy atom. The first-order valence-corrected chi connectivity index (χ1v) is 4.49. The van der Waals surface area contributed by atoms with Crippen molar-refractivity contribution in [2.75, 3.05) is 5.43 Å². The Morgan fingerprint density at radius 1 is 1.60 bits per heavy atom. The number of nitrogens with zero attached hydrogens (tertiary/aromatic N) is 3. The van der Waals surface area contributed by atoms with Crippen LogP contribution in [0.25, 0.3) is 0 Å². The fourth-order valence-corrected chi connectivity index (χ4v) is 0.813. The monoisotopic (exact) mass is 208 g/mol. The fraction of sp³-hybridized carbons (Fsp3) is 0.333. The second-order valence-electron chi connectivity index (χ2n) is 3.29. The summed E-state index contributed by atoms with van der Waals surface area (Å²) in [6, 6.07) is 2.88. The van der Waals surface area contributed by atoms with Crippen LogP contribution in [0, 0.1) is 16.0 Å². The number of aromatic nitrogens is 1. The summed E-state index contributed by atoms with van der Waals surface area (Å²) < 4.78 is 0. The van der Waals surface area contributed by atoms with Gasteiger partial charge in [0.05, 0.1) is 4.92 Å². The lowest BCUT2D eigenvalue weighted by Gasteiger charge is -1.98. The van der Waals surface area contributed by atoms with Crippen molar-refractivity contribution in [3.05, 3.63) is 28.4 Å². The van der Waals surface area contributed by atoms with Crippen LogP contribution in [-0.4, -0.2) is 16.1 Å². The third-order valence-corrected chi connectivity index (χ3v) is 1.51. The number of pyridine rings is 1. The summed E-state index contributed by atoms with van der Waals surface area (Å²) in [5.41, 5.74) is 2.64. The van der Waals surface area contributed by atoms with Crippen molar-refractivity contribution in [1.29, 1.82) is 0 Å². The first kappa shape index (κ1) is 11.1. The van der Waals surface area contributed by atoms with E-state index in [-0.39, 0.29) is 5.69 Å². The van der Waals surface area contributed by atoms with E-state index < -0.39 is 4.92 Å². The highest BCUT2D eigenvalue weighted by Crippen LogP contribution is 2.11. The molecule has 1 aromatic heterocycles. The topological polar surface area (TPSA) is 80.4 Å². The van der Waals surface area contributed by atoms with E-state index >= 15 is 0 Å². The van der Waals surface area contributed by atoms with E-state index in [1.165, 1.54) is 18.3 Å². The van der Waals surface area contributed by atoms with Gasteiger partial charge < -0.3 is 0 Å². The Morgan fingerprint density at radius 2 is 2.33 bits per heavy atom. The number of hydrazone groups is 1. The van der Waals surface area contributed by atoms with Gasteiger partial charge in [-0.1, -0.05) is 13.8 Å². The SMILES string of the molecule is CC(C)C=NNc1ccc([N+](=O)[O-])cn1. The highest BCUT2D eigenvalue weighted by Gasteiger charge is 2.03. The van der Waals surface area contributed by atoms with Crippen LogP contribution in [0.2, 0.25) is 0 Å². The van der Waals surface area contributed by atoms with Gasteiger partial charge in [-0.15, -0.1) is 0 Å². The van der Waals surface area contributed by atoms with E-state index in [9.17, 15) is 10.1 Å². The zero-order valence-electron chi connectivity index (χ0n) is 8.54. The van der Waals surface area contributed by atoms with Gasteiger partial charge in [0, 0.05) is 12.3 Å². The van der Waals surface area contributed by atoms with Crippen LogP contribution in [0.5, 0.6) is 0 Å². The van der Waals surface area contributed by atoms with Crippen molar-refractivity contribution in [1.82, 2.24) is 4.98 Å². The summed E-state index contributed by atoms with van der Waals surface area (Å²) in [7, 11) is 0. The number of anilines is 1. The van der Waals surface area contributed by atoms with Crippen LogP contribution < -0.4 is 5.43 Å². The molecule has 0 aromatic carbocycles. The van der Waals surface area contributed by atoms with Crippen molar-refractivity contribution < 1.29 is 4.92 Å². The summed E-state index contributed by atoms with van der Waals surface area (Å²) in [6.45, 7) is 3.99. The quantitative estimate of drug-likeness (QED) is 0.466. The molecule has 80 valence electrons. The van der Waals surface area contributed by atoms with Crippen molar-refractivity contribution in [3.63, 3.8) is 0 Å². The smallest absolute Gasteiger partial charge is 0.262 e. The minimum atomic E-state index is -0.492. The Bertz CT molecular complexity index is 359. The molecule has 0 bridgehead atoms. The molecule has 0 atom stereocenters. The summed E-state index contributed by atoms with van der Waals surface area (Å²) in [5.74, 6) is 0.827. The second-order valence-corrected chi connectivity index (χ2v) is 3.29. The molecule has 1 heterocycles. The molecular formula is C9H12N4O2. The van der Waals surface area contributed by atoms with Crippen LogP contribution in [0.4, 0.5) is 11.5 Å². The first-order chi connectivity index (χ1) is 7.09. The minimum absolute atomic E-state index is 0.0339. The predicted octanol–water partition coefficient (Wildman–Crippen LogP) is 2.04. The van der Waals surface area contributed by atoms with E-state index in [0.717, 1.165) is 0 Å². The maximum absolute atomic E-state index is 10.3. The zero-order chi connectivity index (χ0) is 11.3. The molecule has 0 spiro atoms. The third-order valence-electron chi connectivity index (χ3n) is 1.51. The van der Waals surface area contributed by atoms with E-state index in [2.05, 4.69) is 15.5 Å². The van der Waals surface area contributed by atoms with Crippen molar-refractivity contribution in [2.24, 2.45) is 11.0 Å². The molecule has 6 nitrogen and oxygen atoms in total. The number of nitro groups is 1. The zero-order valence-corrected chi connectivity index (χ0v) is 8.54. The Balaban J connectivity index is 2.61. The van der Waals surface area contributed by atoms with Crippen LogP contribution >= 0.6 is 0 Å². The lowest BCUT2D eigenvalue weighted by Crippen LogP contribution is -1.96. The fourth-order valence-electron chi connectivity index (χ4n) is 0.813. The summed E-state index contributed by atoms with van der Waals surface area (Å²) in [4.78, 5) is 13.7. The molecule has 0 amide bonds. The van der Waals surface area contributed by atoms with Crippen molar-refractivity contribution >= 4 is 17.7 Å². The molecule has 0 saturated heterocycles. The van der Waals surface area contributed by atoms with Crippen molar-refractivity contribution in [3.8, 4) is 0 Å². The standard InChI is InChI=1S/C9H12N4O2/c1-7(2)5-11-12-9-4-3-8(6-10-9)13(14)15/h3-7H,1-2H3,(H,10,12). The highest BCUT2D eigenvalue weighted by atomic mass is 16.6. The number of hydrogen-bond acceptors (Lipinski definition) is 5. The Kier molecular flexibility index (Phi) is 3.73. The van der Waals surface area contributed by atoms with Crippen LogP contribution in [0.1, 0.15) is 13.8 Å². The number of rotatable bonds is 4. The van der Waals surface area contributed by atoms with Gasteiger partial charge in [0.1, 0.15) is 12.0 Å². The van der Waals surface area contributed by atoms with Crippen LogP contribution in [0.15, 0.2) is 23.4 Å². The molecule has 0 radical (unpaired) electrons. The molecular weight excluding hydrogens is 196 g/mol. The summed E-state index contributed by atoms with van der Waals surface area (Å²) in [6.07, 6.45) is 2.91. The molecule has 1 N–H and O–H groups in total. The molecule has 15 heavy (non-hydrogen) atoms. The molecule has 1 rings (SSSR count). The van der Waals surface area contributed by atoms with E-state index in [1.54, 1.807) is 6.21 Å². The average molecular weight is 208 g/mol. The van der Waals surface area contributed by atoms with Crippen molar-refractivity contribution in [2.45, 2.75) is 13.8 Å². The van der Waals surface area contributed by atoms with Gasteiger partial charge in [-0.3, -0.25) is 15.5 Å². The molecule has 0 fully saturated rings. The second kappa shape index (κ2) is 5.04. The maximum Gasteiger partial charge on any atom is 0.287 e. The van der Waals surface area contributed by atoms with Gasteiger partial charge >= 0.3 is 0 Å². The maximum atomic E-state index is 10.3. The van der Waals surface area contributed by atoms with Gasteiger partial charge in [0.15, 0.2) is 0 Å². The first-order valence-electron chi connectivity index (χ1n) is 4.49. The van der Waals surface area contributed by atoms with Gasteiger partial charge in [0.2, 0.25) is 0 Å². The van der Waals surface area contributed by atoms with Crippen LogP contribution in [-0.2, 0) is 0 Å². The molecule has 0 aliphatic rings. The van der Waals surface area contributed by atoms with E-state index in [1.807, 2.05) is 13.8 Å². The third kappa shape index (κ3) is 3.72. The largest absolute Gasteiger partial charge is 0.287 e. The number of hydrogen-bond donors (Lipinski definition) is 1. The van der Waals surface area contributed by atoms with E-state index in [0.29, 0.717) is 11.7 Å². The lowest BCUT2D eigenvalue weighted by atomic mass is 10.3. The average Bonchev–Trinajstić information content (AvgIpc) is 2.18. The molecule has 1 aromatic rings. The number of nitrogens with one attached hydrogen (secondary N) is 1. The highest BCUT2D eigenvalue weighted by molar-refractivity contribution is 5.61. The van der Waals surface area contributed by atoms with Crippen LogP contribution in [0.3, 0.4) is 0 Å². The van der Waals surface area contributed by atoms with Gasteiger partial charge in [-0.25, -0.2) is 4.98 Å². The Hall–Kier alpha value is -1.98. The molecule has 0 unspecified atom stereocenters. The lowest BCUT2D eigenvalue weighted by molar-refractivity contribution is -0.385. The van der Waals surface area contributed by atoms with Gasteiger partial charge in [-0.2, -0.15) is 5.10 Å². The van der Waals surface area contributed by atoms with Gasteiger partial charge in [0.25, 0.3) is 5.69 Å². The molecule has 0 saturated carbocycles. The molecule has 0 aliphatic heterocycles. The predicted molar refractivity (Wildman–Crippen MR) is 57.8 cm³/mol. The summed E-state index contributed by atoms with van der Waals surface area (Å²) >= 11 is 0. The van der Waals surface area contributed by atoms with E-state index in [4.69, 9.17) is 0 Å². The molecule has 6 heteroatoms. The Labute approximate surface area is 87.2 Å². The minimum Gasteiger partial charge on any atom is -0.262 e. The summed E-state index contributed by atoms with van der Waals surface area (Å²) in [5, 5.41) is 14.2. The molecule has 0 aliphatic carbocycles. The van der Waals surface area contributed by atoms with Gasteiger partial charge in [-0.05, 0) is 12.0 Å². The normalized spacial score (nSPS) is 10.9.